The minimum absolute atomic E-state index is 0.0683. The number of aromatic nitrogens is 2. The van der Waals surface area contributed by atoms with Gasteiger partial charge in [0.2, 0.25) is 5.91 Å². The first-order valence-electron chi connectivity index (χ1n) is 5.70. The van der Waals surface area contributed by atoms with E-state index in [1.807, 2.05) is 41.2 Å². The number of rotatable bonds is 5. The number of hydrogen-bond donors (Lipinski definition) is 1. The third kappa shape index (κ3) is 3.60. The third-order valence-electron chi connectivity index (χ3n) is 2.44. The van der Waals surface area contributed by atoms with Crippen molar-refractivity contribution in [3.8, 4) is 0 Å². The maximum absolute atomic E-state index is 11.4. The molecule has 1 N–H and O–H groups in total. The standard InChI is InChI=1S/C13H14ClN3O/c14-6-5-13(18)16-12-4-1-3-11(9-12)10-17-8-2-7-15-17/h1-4,7-9H,5-6,10H2,(H,16,18). The summed E-state index contributed by atoms with van der Waals surface area (Å²) in [5, 5.41) is 6.95. The van der Waals surface area contributed by atoms with Crippen LogP contribution < -0.4 is 5.32 Å². The van der Waals surface area contributed by atoms with Crippen molar-refractivity contribution in [2.75, 3.05) is 11.2 Å². The van der Waals surface area contributed by atoms with Crippen LogP contribution in [0.2, 0.25) is 0 Å². The first-order chi connectivity index (χ1) is 8.78. The first-order valence-corrected chi connectivity index (χ1v) is 6.23. The van der Waals surface area contributed by atoms with E-state index in [2.05, 4.69) is 10.4 Å². The number of alkyl halides is 1. The van der Waals surface area contributed by atoms with E-state index in [0.29, 0.717) is 18.8 Å². The van der Waals surface area contributed by atoms with Crippen molar-refractivity contribution in [1.29, 1.82) is 0 Å². The Morgan fingerprint density at radius 3 is 3.00 bits per heavy atom. The van der Waals surface area contributed by atoms with Crippen LogP contribution in [0.3, 0.4) is 0 Å². The number of benzene rings is 1. The summed E-state index contributed by atoms with van der Waals surface area (Å²) in [6.45, 7) is 0.687. The molecule has 1 heterocycles. The highest BCUT2D eigenvalue weighted by molar-refractivity contribution is 6.19. The van der Waals surface area contributed by atoms with Crippen LogP contribution in [0.1, 0.15) is 12.0 Å². The summed E-state index contributed by atoms with van der Waals surface area (Å²) >= 11 is 5.52. The van der Waals surface area contributed by atoms with Gasteiger partial charge >= 0.3 is 0 Å². The molecular formula is C13H14ClN3O. The van der Waals surface area contributed by atoms with Gasteiger partial charge in [0.05, 0.1) is 6.54 Å². The van der Waals surface area contributed by atoms with Crippen LogP contribution in [-0.4, -0.2) is 21.6 Å². The van der Waals surface area contributed by atoms with Crippen molar-refractivity contribution in [3.63, 3.8) is 0 Å². The van der Waals surface area contributed by atoms with Crippen LogP contribution in [0, 0.1) is 0 Å². The van der Waals surface area contributed by atoms with Gasteiger partial charge in [0.1, 0.15) is 0 Å². The van der Waals surface area contributed by atoms with E-state index in [1.165, 1.54) is 0 Å². The van der Waals surface area contributed by atoms with Gasteiger partial charge in [-0.05, 0) is 23.8 Å². The molecule has 2 rings (SSSR count). The molecule has 94 valence electrons. The zero-order chi connectivity index (χ0) is 12.8. The van der Waals surface area contributed by atoms with Crippen molar-refractivity contribution in [3.05, 3.63) is 48.3 Å². The van der Waals surface area contributed by atoms with Gasteiger partial charge in [-0.2, -0.15) is 5.10 Å². The van der Waals surface area contributed by atoms with E-state index in [-0.39, 0.29) is 5.91 Å². The Balaban J connectivity index is 2.03. The molecule has 1 aromatic carbocycles. The second-order valence-corrected chi connectivity index (χ2v) is 4.27. The molecule has 18 heavy (non-hydrogen) atoms. The van der Waals surface area contributed by atoms with Crippen LogP contribution in [0.4, 0.5) is 5.69 Å². The molecule has 0 unspecified atom stereocenters. The first kappa shape index (κ1) is 12.6. The molecule has 1 amide bonds. The van der Waals surface area contributed by atoms with E-state index in [4.69, 9.17) is 11.6 Å². The van der Waals surface area contributed by atoms with Crippen molar-refractivity contribution in [2.45, 2.75) is 13.0 Å². The number of nitrogens with one attached hydrogen (secondary N) is 1. The maximum Gasteiger partial charge on any atom is 0.225 e. The molecule has 1 aromatic heterocycles. The second-order valence-electron chi connectivity index (χ2n) is 3.89. The smallest absolute Gasteiger partial charge is 0.225 e. The highest BCUT2D eigenvalue weighted by atomic mass is 35.5. The molecule has 0 atom stereocenters. The lowest BCUT2D eigenvalue weighted by atomic mass is 10.2. The molecule has 0 aliphatic heterocycles. The second kappa shape index (κ2) is 6.21. The summed E-state index contributed by atoms with van der Waals surface area (Å²) in [5.74, 6) is 0.264. The average Bonchev–Trinajstić information content (AvgIpc) is 2.82. The number of hydrogen-bond acceptors (Lipinski definition) is 2. The molecule has 2 aromatic rings. The average molecular weight is 264 g/mol. The molecule has 0 saturated heterocycles. The molecule has 0 aliphatic carbocycles. The highest BCUT2D eigenvalue weighted by Gasteiger charge is 2.02. The molecule has 0 radical (unpaired) electrons. The summed E-state index contributed by atoms with van der Waals surface area (Å²) in [5.41, 5.74) is 1.87. The van der Waals surface area contributed by atoms with Crippen LogP contribution in [-0.2, 0) is 11.3 Å². The maximum atomic E-state index is 11.4. The predicted molar refractivity (Wildman–Crippen MR) is 71.7 cm³/mol. The van der Waals surface area contributed by atoms with Gasteiger partial charge in [-0.3, -0.25) is 9.48 Å². The fourth-order valence-electron chi connectivity index (χ4n) is 1.64. The molecule has 0 fully saturated rings. The van der Waals surface area contributed by atoms with Crippen molar-refractivity contribution >= 4 is 23.2 Å². The van der Waals surface area contributed by atoms with E-state index >= 15 is 0 Å². The van der Waals surface area contributed by atoms with Crippen molar-refractivity contribution in [2.24, 2.45) is 0 Å². The normalized spacial score (nSPS) is 10.3. The summed E-state index contributed by atoms with van der Waals surface area (Å²) in [4.78, 5) is 11.4. The summed E-state index contributed by atoms with van der Waals surface area (Å²) < 4.78 is 1.83. The van der Waals surface area contributed by atoms with Gasteiger partial charge in [-0.15, -0.1) is 11.6 Å². The van der Waals surface area contributed by atoms with Crippen molar-refractivity contribution < 1.29 is 4.79 Å². The molecule has 0 aliphatic rings. The Hall–Kier alpha value is -1.81. The van der Waals surface area contributed by atoms with Gasteiger partial charge in [-0.1, -0.05) is 12.1 Å². The van der Waals surface area contributed by atoms with Crippen LogP contribution >= 0.6 is 11.6 Å². The van der Waals surface area contributed by atoms with Gasteiger partial charge in [-0.25, -0.2) is 0 Å². The topological polar surface area (TPSA) is 46.9 Å². The molecule has 5 heteroatoms. The minimum atomic E-state index is -0.0683. The number of halogens is 1. The minimum Gasteiger partial charge on any atom is -0.326 e. The van der Waals surface area contributed by atoms with Gasteiger partial charge < -0.3 is 5.32 Å². The molecular weight excluding hydrogens is 250 g/mol. The third-order valence-corrected chi connectivity index (χ3v) is 2.63. The SMILES string of the molecule is O=C(CCCl)Nc1cccc(Cn2cccn2)c1. The monoisotopic (exact) mass is 263 g/mol. The number of carbonyl (C=O) groups excluding carboxylic acids is 1. The molecule has 0 saturated carbocycles. The Morgan fingerprint density at radius 1 is 1.39 bits per heavy atom. The zero-order valence-electron chi connectivity index (χ0n) is 9.84. The largest absolute Gasteiger partial charge is 0.326 e. The Morgan fingerprint density at radius 2 is 2.28 bits per heavy atom. The molecule has 0 bridgehead atoms. The Kier molecular flexibility index (Phi) is 4.36. The summed E-state index contributed by atoms with van der Waals surface area (Å²) in [6.07, 6.45) is 3.97. The molecule has 0 spiro atoms. The number of amides is 1. The van der Waals surface area contributed by atoms with E-state index in [1.54, 1.807) is 6.20 Å². The van der Waals surface area contributed by atoms with E-state index < -0.39 is 0 Å². The lowest BCUT2D eigenvalue weighted by Gasteiger charge is -2.07. The zero-order valence-corrected chi connectivity index (χ0v) is 10.6. The fourth-order valence-corrected chi connectivity index (χ4v) is 1.81. The number of nitrogens with zero attached hydrogens (tertiary/aromatic N) is 2. The lowest BCUT2D eigenvalue weighted by Crippen LogP contribution is -2.12. The fraction of sp³-hybridized carbons (Fsp3) is 0.231. The van der Waals surface area contributed by atoms with E-state index in [9.17, 15) is 4.79 Å². The van der Waals surface area contributed by atoms with Crippen LogP contribution in [0.25, 0.3) is 0 Å². The van der Waals surface area contributed by atoms with Gasteiger partial charge in [0.25, 0.3) is 0 Å². The lowest BCUT2D eigenvalue weighted by molar-refractivity contribution is -0.115. The van der Waals surface area contributed by atoms with Crippen LogP contribution in [0.5, 0.6) is 0 Å². The quantitative estimate of drug-likeness (QED) is 0.843. The van der Waals surface area contributed by atoms with Gasteiger partial charge in [0.15, 0.2) is 0 Å². The highest BCUT2D eigenvalue weighted by Crippen LogP contribution is 2.12. The van der Waals surface area contributed by atoms with Crippen molar-refractivity contribution in [1.82, 2.24) is 9.78 Å². The van der Waals surface area contributed by atoms with Crippen LogP contribution in [0.15, 0.2) is 42.7 Å². The predicted octanol–water partition coefficient (Wildman–Crippen LogP) is 2.50. The number of anilines is 1. The summed E-state index contributed by atoms with van der Waals surface area (Å²) in [7, 11) is 0. The van der Waals surface area contributed by atoms with Gasteiger partial charge in [0, 0.05) is 30.4 Å². The van der Waals surface area contributed by atoms with E-state index in [0.717, 1.165) is 11.3 Å². The molecule has 4 nitrogen and oxygen atoms in total. The Bertz CT molecular complexity index is 511. The summed E-state index contributed by atoms with van der Waals surface area (Å²) in [6, 6.07) is 9.59. The Labute approximate surface area is 111 Å². The number of carbonyl (C=O) groups is 1.